The molecule has 27 heavy (non-hydrogen) atoms. The van der Waals surface area contributed by atoms with E-state index in [2.05, 4.69) is 10.00 Å². The van der Waals surface area contributed by atoms with Crippen LogP contribution in [0.15, 0.2) is 67.0 Å². The number of halogens is 1. The molecule has 0 spiro atoms. The lowest BCUT2D eigenvalue weighted by molar-refractivity contribution is 0.0747. The fraction of sp³-hybridized carbons (Fsp3) is 0.238. The Hall–Kier alpha value is -2.79. The second-order valence-corrected chi connectivity index (χ2v) is 7.04. The number of aromatic nitrogens is 2. The quantitative estimate of drug-likeness (QED) is 0.695. The summed E-state index contributed by atoms with van der Waals surface area (Å²) in [6.45, 7) is 3.66. The molecule has 1 aliphatic rings. The van der Waals surface area contributed by atoms with Gasteiger partial charge in [0.05, 0.1) is 17.3 Å². The highest BCUT2D eigenvalue weighted by molar-refractivity contribution is 6.33. The molecule has 5 nitrogen and oxygen atoms in total. The van der Waals surface area contributed by atoms with E-state index < -0.39 is 0 Å². The predicted octanol–water partition coefficient (Wildman–Crippen LogP) is 3.55. The highest BCUT2D eigenvalue weighted by Gasteiger charge is 2.23. The molecule has 0 unspecified atom stereocenters. The molecule has 1 fully saturated rings. The Kier molecular flexibility index (Phi) is 5.12. The van der Waals surface area contributed by atoms with Crippen molar-refractivity contribution in [3.05, 3.63) is 83.1 Å². The van der Waals surface area contributed by atoms with E-state index in [1.165, 1.54) is 0 Å². The van der Waals surface area contributed by atoms with E-state index in [4.69, 9.17) is 11.6 Å². The minimum atomic E-state index is 0.0828. The maximum absolute atomic E-state index is 12.8. The summed E-state index contributed by atoms with van der Waals surface area (Å²) in [6.07, 6.45) is 3.69. The van der Waals surface area contributed by atoms with Gasteiger partial charge in [-0.3, -0.25) is 9.48 Å². The summed E-state index contributed by atoms with van der Waals surface area (Å²) in [7, 11) is 0. The minimum Gasteiger partial charge on any atom is -0.367 e. The van der Waals surface area contributed by atoms with Crippen molar-refractivity contribution < 1.29 is 4.79 Å². The number of benzene rings is 2. The Balaban J connectivity index is 1.37. The average Bonchev–Trinajstić information content (AvgIpc) is 3.22. The highest BCUT2D eigenvalue weighted by Crippen LogP contribution is 2.26. The summed E-state index contributed by atoms with van der Waals surface area (Å²) >= 11 is 6.29. The van der Waals surface area contributed by atoms with Gasteiger partial charge in [0.1, 0.15) is 0 Å². The molecule has 0 bridgehead atoms. The van der Waals surface area contributed by atoms with Gasteiger partial charge in [-0.05, 0) is 35.9 Å². The van der Waals surface area contributed by atoms with Crippen LogP contribution in [0.2, 0.25) is 5.02 Å². The van der Waals surface area contributed by atoms with Crippen molar-refractivity contribution in [3.8, 4) is 0 Å². The number of rotatable bonds is 4. The summed E-state index contributed by atoms with van der Waals surface area (Å²) < 4.78 is 1.87. The molecule has 3 aromatic rings. The molecule has 2 aromatic carbocycles. The van der Waals surface area contributed by atoms with Gasteiger partial charge >= 0.3 is 0 Å². The number of carbonyl (C=O) groups is 1. The van der Waals surface area contributed by atoms with Gasteiger partial charge < -0.3 is 9.80 Å². The van der Waals surface area contributed by atoms with Gasteiger partial charge in [0.15, 0.2) is 0 Å². The number of hydrogen-bond donors (Lipinski definition) is 0. The largest absolute Gasteiger partial charge is 0.367 e. The molecule has 0 aliphatic carbocycles. The van der Waals surface area contributed by atoms with Crippen LogP contribution in [0.4, 0.5) is 5.69 Å². The van der Waals surface area contributed by atoms with Crippen molar-refractivity contribution in [2.75, 3.05) is 31.1 Å². The van der Waals surface area contributed by atoms with Crippen molar-refractivity contribution in [1.29, 1.82) is 0 Å². The van der Waals surface area contributed by atoms with Crippen LogP contribution >= 0.6 is 11.6 Å². The molecule has 138 valence electrons. The number of piperazine rings is 1. The van der Waals surface area contributed by atoms with E-state index in [0.717, 1.165) is 34.9 Å². The fourth-order valence-electron chi connectivity index (χ4n) is 3.37. The van der Waals surface area contributed by atoms with E-state index in [1.807, 2.05) is 70.4 Å². The topological polar surface area (TPSA) is 41.4 Å². The van der Waals surface area contributed by atoms with Crippen molar-refractivity contribution in [2.24, 2.45) is 0 Å². The van der Waals surface area contributed by atoms with Crippen molar-refractivity contribution in [1.82, 2.24) is 14.7 Å². The van der Waals surface area contributed by atoms with Gasteiger partial charge in [-0.1, -0.05) is 35.9 Å². The van der Waals surface area contributed by atoms with Gasteiger partial charge in [-0.15, -0.1) is 0 Å². The molecule has 1 aliphatic heterocycles. The molecule has 0 atom stereocenters. The first kappa shape index (κ1) is 17.6. The van der Waals surface area contributed by atoms with Crippen LogP contribution in [0.5, 0.6) is 0 Å². The molecule has 0 N–H and O–H groups in total. The number of hydrogen-bond acceptors (Lipinski definition) is 3. The van der Waals surface area contributed by atoms with Crippen LogP contribution in [0, 0.1) is 0 Å². The molecule has 0 radical (unpaired) electrons. The third-order valence-corrected chi connectivity index (χ3v) is 5.18. The molecule has 4 rings (SSSR count). The summed E-state index contributed by atoms with van der Waals surface area (Å²) in [5.41, 5.74) is 2.89. The van der Waals surface area contributed by atoms with Crippen molar-refractivity contribution >= 4 is 23.2 Å². The normalized spacial score (nSPS) is 14.4. The minimum absolute atomic E-state index is 0.0828. The van der Waals surface area contributed by atoms with Crippen LogP contribution in [0.25, 0.3) is 0 Å². The first-order valence-electron chi connectivity index (χ1n) is 9.06. The van der Waals surface area contributed by atoms with Crippen molar-refractivity contribution in [2.45, 2.75) is 6.54 Å². The number of anilines is 1. The SMILES string of the molecule is O=C(c1ccc(Cn2cccn2)cc1)N1CCN(c2ccccc2Cl)CC1. The number of para-hydroxylation sites is 1. The number of amides is 1. The molecule has 1 saturated heterocycles. The zero-order chi connectivity index (χ0) is 18.6. The Morgan fingerprint density at radius 3 is 2.37 bits per heavy atom. The second-order valence-electron chi connectivity index (χ2n) is 6.63. The van der Waals surface area contributed by atoms with Gasteiger partial charge in [0, 0.05) is 44.1 Å². The van der Waals surface area contributed by atoms with E-state index >= 15 is 0 Å². The Labute approximate surface area is 163 Å². The van der Waals surface area contributed by atoms with E-state index in [9.17, 15) is 4.79 Å². The lowest BCUT2D eigenvalue weighted by atomic mass is 10.1. The second kappa shape index (κ2) is 7.84. The fourth-order valence-corrected chi connectivity index (χ4v) is 3.63. The van der Waals surface area contributed by atoms with E-state index in [-0.39, 0.29) is 5.91 Å². The van der Waals surface area contributed by atoms with Crippen LogP contribution in [0.3, 0.4) is 0 Å². The third-order valence-electron chi connectivity index (χ3n) is 4.86. The highest BCUT2D eigenvalue weighted by atomic mass is 35.5. The smallest absolute Gasteiger partial charge is 0.253 e. The van der Waals surface area contributed by atoms with Crippen molar-refractivity contribution in [3.63, 3.8) is 0 Å². The van der Waals surface area contributed by atoms with Crippen LogP contribution < -0.4 is 4.90 Å². The first-order valence-corrected chi connectivity index (χ1v) is 9.43. The molecule has 1 amide bonds. The van der Waals surface area contributed by atoms with Crippen LogP contribution in [-0.2, 0) is 6.54 Å². The maximum Gasteiger partial charge on any atom is 0.253 e. The molecular formula is C21H21ClN4O. The van der Waals surface area contributed by atoms with Gasteiger partial charge in [0.2, 0.25) is 0 Å². The molecule has 2 heterocycles. The zero-order valence-electron chi connectivity index (χ0n) is 15.0. The lowest BCUT2D eigenvalue weighted by Gasteiger charge is -2.36. The van der Waals surface area contributed by atoms with Crippen LogP contribution in [0.1, 0.15) is 15.9 Å². The molecular weight excluding hydrogens is 360 g/mol. The summed E-state index contributed by atoms with van der Waals surface area (Å²) in [4.78, 5) is 16.9. The number of carbonyl (C=O) groups excluding carboxylic acids is 1. The van der Waals surface area contributed by atoms with E-state index in [0.29, 0.717) is 19.6 Å². The number of nitrogens with zero attached hydrogens (tertiary/aromatic N) is 4. The first-order chi connectivity index (χ1) is 13.2. The van der Waals surface area contributed by atoms with Gasteiger partial charge in [-0.25, -0.2) is 0 Å². The zero-order valence-corrected chi connectivity index (χ0v) is 15.7. The summed E-state index contributed by atoms with van der Waals surface area (Å²) in [6, 6.07) is 17.6. The molecule has 6 heteroatoms. The molecule has 0 saturated carbocycles. The monoisotopic (exact) mass is 380 g/mol. The molecule has 1 aromatic heterocycles. The standard InChI is InChI=1S/C21H21ClN4O/c22-19-4-1-2-5-20(19)24-12-14-25(15-13-24)21(27)18-8-6-17(7-9-18)16-26-11-3-10-23-26/h1-11H,12-16H2. The summed E-state index contributed by atoms with van der Waals surface area (Å²) in [5, 5.41) is 4.96. The Morgan fingerprint density at radius 2 is 1.70 bits per heavy atom. The summed E-state index contributed by atoms with van der Waals surface area (Å²) in [5.74, 6) is 0.0828. The maximum atomic E-state index is 12.8. The Bertz CT molecular complexity index is 900. The third kappa shape index (κ3) is 3.98. The van der Waals surface area contributed by atoms with Crippen LogP contribution in [-0.4, -0.2) is 46.8 Å². The lowest BCUT2D eigenvalue weighted by Crippen LogP contribution is -2.48. The van der Waals surface area contributed by atoms with E-state index in [1.54, 1.807) is 6.20 Å². The van der Waals surface area contributed by atoms with Gasteiger partial charge in [0.25, 0.3) is 5.91 Å². The Morgan fingerprint density at radius 1 is 0.963 bits per heavy atom. The average molecular weight is 381 g/mol. The van der Waals surface area contributed by atoms with Gasteiger partial charge in [-0.2, -0.15) is 5.10 Å². The predicted molar refractivity (Wildman–Crippen MR) is 107 cm³/mol.